The van der Waals surface area contributed by atoms with Gasteiger partial charge >= 0.3 is 6.09 Å². The lowest BCUT2D eigenvalue weighted by atomic mass is 9.94. The lowest BCUT2D eigenvalue weighted by Gasteiger charge is -2.39. The maximum absolute atomic E-state index is 12.3. The van der Waals surface area contributed by atoms with Crippen LogP contribution in [0, 0.1) is 0 Å². The van der Waals surface area contributed by atoms with Gasteiger partial charge in [-0.1, -0.05) is 20.8 Å². The van der Waals surface area contributed by atoms with Gasteiger partial charge in [0.1, 0.15) is 11.4 Å². The van der Waals surface area contributed by atoms with Gasteiger partial charge in [0.25, 0.3) is 0 Å². The Bertz CT molecular complexity index is 720. The summed E-state index contributed by atoms with van der Waals surface area (Å²) in [5.41, 5.74) is -0.533. The molecule has 8 nitrogen and oxygen atoms in total. The zero-order valence-corrected chi connectivity index (χ0v) is 19.9. The molecule has 2 aliphatic rings. The van der Waals surface area contributed by atoms with E-state index in [1.54, 1.807) is 11.1 Å². The van der Waals surface area contributed by atoms with Gasteiger partial charge in [0.15, 0.2) is 5.96 Å². The second-order valence-corrected chi connectivity index (χ2v) is 9.16. The van der Waals surface area contributed by atoms with Gasteiger partial charge in [0.2, 0.25) is 5.89 Å². The predicted octanol–water partition coefficient (Wildman–Crippen LogP) is 2.97. The minimum absolute atomic E-state index is 0. The highest BCUT2D eigenvalue weighted by Gasteiger charge is 2.36. The van der Waals surface area contributed by atoms with Crippen LogP contribution in [0.15, 0.2) is 15.6 Å². The molecule has 0 saturated carbocycles. The van der Waals surface area contributed by atoms with E-state index in [-0.39, 0.29) is 41.5 Å². The first kappa shape index (κ1) is 22.8. The third-order valence-corrected chi connectivity index (χ3v) is 4.55. The topological polar surface area (TPSA) is 83.2 Å². The smallest absolute Gasteiger partial charge is 0.410 e. The molecule has 1 amide bonds. The number of guanidine groups is 1. The molecule has 1 atom stereocenters. The number of nitrogens with zero attached hydrogens (tertiary/aromatic N) is 4. The molecule has 1 aromatic heterocycles. The minimum atomic E-state index is -0.477. The second kappa shape index (κ2) is 8.46. The van der Waals surface area contributed by atoms with Crippen LogP contribution in [0.5, 0.6) is 0 Å². The molecule has 0 spiro atoms. The Morgan fingerprint density at radius 2 is 2.00 bits per heavy atom. The molecule has 3 rings (SSSR count). The predicted molar refractivity (Wildman–Crippen MR) is 118 cm³/mol. The summed E-state index contributed by atoms with van der Waals surface area (Å²) in [5, 5.41) is 3.33. The molecule has 0 bridgehead atoms. The number of ether oxygens (including phenoxy) is 1. The van der Waals surface area contributed by atoms with E-state index in [0.29, 0.717) is 32.1 Å². The van der Waals surface area contributed by atoms with Gasteiger partial charge in [-0.2, -0.15) is 0 Å². The minimum Gasteiger partial charge on any atom is -0.444 e. The number of rotatable bonds is 2. The molecule has 9 heteroatoms. The highest BCUT2D eigenvalue weighted by molar-refractivity contribution is 14.0. The summed E-state index contributed by atoms with van der Waals surface area (Å²) < 4.78 is 11.3. The number of halogens is 1. The van der Waals surface area contributed by atoms with E-state index in [2.05, 4.69) is 41.0 Å². The maximum atomic E-state index is 12.3. The van der Waals surface area contributed by atoms with Crippen LogP contribution in [-0.2, 0) is 16.7 Å². The summed E-state index contributed by atoms with van der Waals surface area (Å²) >= 11 is 0. The number of aliphatic imine (C=N–C) groups is 1. The number of hydrogen-bond acceptors (Lipinski definition) is 7. The summed E-state index contributed by atoms with van der Waals surface area (Å²) in [6.07, 6.45) is 1.54. The van der Waals surface area contributed by atoms with Crippen LogP contribution in [0.25, 0.3) is 0 Å². The van der Waals surface area contributed by atoms with E-state index < -0.39 is 5.60 Å². The molecule has 0 aromatic carbocycles. The second-order valence-electron chi connectivity index (χ2n) is 9.16. The third kappa shape index (κ3) is 5.51. The Balaban J connectivity index is 0.00000280. The van der Waals surface area contributed by atoms with Crippen LogP contribution in [0.1, 0.15) is 53.2 Å². The van der Waals surface area contributed by atoms with Crippen molar-refractivity contribution >= 4 is 36.0 Å². The number of aromatic nitrogens is 1. The van der Waals surface area contributed by atoms with Crippen molar-refractivity contribution in [3.8, 4) is 0 Å². The Labute approximate surface area is 184 Å². The van der Waals surface area contributed by atoms with Crippen molar-refractivity contribution in [2.24, 2.45) is 4.99 Å². The van der Waals surface area contributed by atoms with Crippen LogP contribution in [0.4, 0.5) is 4.79 Å². The third-order valence-electron chi connectivity index (χ3n) is 4.55. The molecule has 0 aliphatic carbocycles. The van der Waals surface area contributed by atoms with Crippen molar-refractivity contribution in [2.45, 2.75) is 65.1 Å². The summed E-state index contributed by atoms with van der Waals surface area (Å²) in [7, 11) is 0. The Morgan fingerprint density at radius 3 is 2.61 bits per heavy atom. The molecule has 28 heavy (non-hydrogen) atoms. The Morgan fingerprint density at radius 1 is 1.29 bits per heavy atom. The van der Waals surface area contributed by atoms with Crippen molar-refractivity contribution in [2.75, 3.05) is 26.2 Å². The largest absolute Gasteiger partial charge is 0.444 e. The van der Waals surface area contributed by atoms with Crippen molar-refractivity contribution in [3.63, 3.8) is 0 Å². The van der Waals surface area contributed by atoms with Crippen LogP contribution in [-0.4, -0.2) is 64.7 Å². The van der Waals surface area contributed by atoms with E-state index in [1.807, 2.05) is 20.8 Å². The number of nitrogens with one attached hydrogen (secondary N) is 1. The molecule has 1 N–H and O–H groups in total. The van der Waals surface area contributed by atoms with Gasteiger partial charge < -0.3 is 24.3 Å². The number of oxazole rings is 1. The number of fused-ring (bicyclic) bond motifs is 1. The van der Waals surface area contributed by atoms with E-state index >= 15 is 0 Å². The number of amides is 1. The standard InChI is InChI=1S/C19H31N5O3.HI/c1-18(2,3)14-10-20-15(26-14)11-22-16-21-9-13-12-23(7-8-24(13)16)17(25)27-19(4,5)6;/h10,13H,7-9,11-12H2,1-6H3,(H,21,22);1H. The summed E-state index contributed by atoms with van der Waals surface area (Å²) in [6, 6.07) is 0.184. The van der Waals surface area contributed by atoms with Gasteiger partial charge in [0.05, 0.1) is 25.3 Å². The number of carbonyl (C=O) groups excluding carboxylic acids is 1. The van der Waals surface area contributed by atoms with Crippen LogP contribution < -0.4 is 5.32 Å². The molecular formula is C19H32IN5O3. The first-order chi connectivity index (χ1) is 12.5. The fourth-order valence-electron chi connectivity index (χ4n) is 3.12. The summed E-state index contributed by atoms with van der Waals surface area (Å²) in [4.78, 5) is 25.2. The SMILES string of the molecule is CC(C)(C)OC(=O)N1CCN2C(NCc3ncc(C(C)(C)C)o3)=NCC2C1.I. The van der Waals surface area contributed by atoms with E-state index in [0.717, 1.165) is 18.3 Å². The van der Waals surface area contributed by atoms with E-state index in [4.69, 9.17) is 9.15 Å². The van der Waals surface area contributed by atoms with Crippen molar-refractivity contribution in [1.29, 1.82) is 0 Å². The highest BCUT2D eigenvalue weighted by atomic mass is 127. The monoisotopic (exact) mass is 505 g/mol. The van der Waals surface area contributed by atoms with Gasteiger partial charge in [-0.05, 0) is 20.8 Å². The van der Waals surface area contributed by atoms with Crippen LogP contribution >= 0.6 is 24.0 Å². The van der Waals surface area contributed by atoms with Gasteiger partial charge in [0, 0.05) is 25.0 Å². The summed E-state index contributed by atoms with van der Waals surface area (Å²) in [5.74, 6) is 2.37. The lowest BCUT2D eigenvalue weighted by Crippen LogP contribution is -2.57. The molecule has 1 unspecified atom stereocenters. The fraction of sp³-hybridized carbons (Fsp3) is 0.737. The quantitative estimate of drug-likeness (QED) is 0.623. The van der Waals surface area contributed by atoms with E-state index in [1.165, 1.54) is 0 Å². The van der Waals surface area contributed by atoms with Crippen LogP contribution in [0.3, 0.4) is 0 Å². The average molecular weight is 505 g/mol. The normalized spacial score (nSPS) is 19.6. The summed E-state index contributed by atoms with van der Waals surface area (Å²) in [6.45, 7) is 15.1. The van der Waals surface area contributed by atoms with Crippen LogP contribution in [0.2, 0.25) is 0 Å². The molecule has 2 aliphatic heterocycles. The molecule has 1 fully saturated rings. The zero-order chi connectivity index (χ0) is 19.8. The number of hydrogen-bond donors (Lipinski definition) is 1. The Kier molecular flexibility index (Phi) is 6.88. The average Bonchev–Trinajstić information content (AvgIpc) is 3.17. The molecule has 3 heterocycles. The van der Waals surface area contributed by atoms with Crippen molar-refractivity contribution in [3.05, 3.63) is 17.8 Å². The fourth-order valence-corrected chi connectivity index (χ4v) is 3.12. The maximum Gasteiger partial charge on any atom is 0.410 e. The Hall–Kier alpha value is -1.52. The van der Waals surface area contributed by atoms with Crippen molar-refractivity contribution < 1.29 is 13.9 Å². The molecule has 0 radical (unpaired) electrons. The highest BCUT2D eigenvalue weighted by Crippen LogP contribution is 2.23. The zero-order valence-electron chi connectivity index (χ0n) is 17.6. The number of carbonyl (C=O) groups is 1. The van der Waals surface area contributed by atoms with Crippen molar-refractivity contribution in [1.82, 2.24) is 20.1 Å². The lowest BCUT2D eigenvalue weighted by molar-refractivity contribution is 0.0137. The molecule has 1 saturated heterocycles. The van der Waals surface area contributed by atoms with Gasteiger partial charge in [-0.15, -0.1) is 24.0 Å². The number of piperazine rings is 1. The van der Waals surface area contributed by atoms with E-state index in [9.17, 15) is 4.79 Å². The molecule has 1 aromatic rings. The van der Waals surface area contributed by atoms with Gasteiger partial charge in [-0.25, -0.2) is 9.78 Å². The molecular weight excluding hydrogens is 473 g/mol. The first-order valence-electron chi connectivity index (χ1n) is 9.51. The molecule has 158 valence electrons. The van der Waals surface area contributed by atoms with Gasteiger partial charge in [-0.3, -0.25) is 4.99 Å². The first-order valence-corrected chi connectivity index (χ1v) is 9.51.